The van der Waals surface area contributed by atoms with E-state index in [1.807, 2.05) is 6.92 Å². The maximum Gasteiger partial charge on any atom is 0.339 e. The van der Waals surface area contributed by atoms with Crippen LogP contribution in [0.2, 0.25) is 0 Å². The number of anilines is 1. The molecule has 0 unspecified atom stereocenters. The number of hydrogen-bond acceptors (Lipinski definition) is 7. The maximum atomic E-state index is 12.2. The van der Waals surface area contributed by atoms with Gasteiger partial charge in [-0.3, -0.25) is 14.9 Å². The molecule has 0 aliphatic carbocycles. The molecule has 10 heteroatoms. The number of carbonyl (C=O) groups is 2. The lowest BCUT2D eigenvalue weighted by atomic mass is 10.2. The van der Waals surface area contributed by atoms with Gasteiger partial charge in [-0.15, -0.1) is 0 Å². The van der Waals surface area contributed by atoms with Crippen molar-refractivity contribution in [2.45, 2.75) is 24.8 Å². The summed E-state index contributed by atoms with van der Waals surface area (Å²) in [6, 6.07) is 9.84. The third-order valence-electron chi connectivity index (χ3n) is 3.76. The molecule has 2 aromatic carbocycles. The van der Waals surface area contributed by atoms with Gasteiger partial charge < -0.3 is 10.1 Å². The lowest BCUT2D eigenvalue weighted by Gasteiger charge is -2.14. The summed E-state index contributed by atoms with van der Waals surface area (Å²) in [6.07, 6.45) is -0.354. The Hall–Kier alpha value is -3.27. The lowest BCUT2D eigenvalue weighted by molar-refractivity contribution is -0.387. The number of nitro groups is 1. The molecule has 2 rings (SSSR count). The number of nitro benzene ring substituents is 1. The number of rotatable bonds is 6. The van der Waals surface area contributed by atoms with Crippen LogP contribution in [0.5, 0.6) is 0 Å². The van der Waals surface area contributed by atoms with Crippen molar-refractivity contribution in [3.63, 3.8) is 0 Å². The van der Waals surface area contributed by atoms with Crippen molar-refractivity contribution in [3.8, 4) is 0 Å². The van der Waals surface area contributed by atoms with Gasteiger partial charge in [-0.1, -0.05) is 17.7 Å². The molecule has 0 spiro atoms. The summed E-state index contributed by atoms with van der Waals surface area (Å²) >= 11 is 0. The fourth-order valence-corrected chi connectivity index (χ4v) is 3.09. The normalized spacial score (nSPS) is 12.1. The molecule has 0 aliphatic rings. The lowest BCUT2D eigenvalue weighted by Crippen LogP contribution is -2.30. The Bertz CT molecular complexity index is 1030. The van der Waals surface area contributed by atoms with Crippen LogP contribution in [0.3, 0.4) is 0 Å². The minimum atomic E-state index is -3.85. The Morgan fingerprint density at radius 2 is 1.75 bits per heavy atom. The van der Waals surface area contributed by atoms with E-state index in [0.29, 0.717) is 5.69 Å². The van der Waals surface area contributed by atoms with E-state index < -0.39 is 43.3 Å². The van der Waals surface area contributed by atoms with E-state index >= 15 is 0 Å². The SMILES string of the molecule is Cc1ccc(NC(=O)[C@@H](C)OC(=O)c2ccc(S(C)(=O)=O)c([N+](=O)[O-])c2)cc1. The molecule has 0 bridgehead atoms. The highest BCUT2D eigenvalue weighted by Crippen LogP contribution is 2.25. The zero-order valence-corrected chi connectivity index (χ0v) is 16.1. The van der Waals surface area contributed by atoms with Crippen LogP contribution in [0, 0.1) is 17.0 Å². The molecule has 0 saturated heterocycles. The van der Waals surface area contributed by atoms with Crippen molar-refractivity contribution in [2.24, 2.45) is 0 Å². The Labute approximate surface area is 161 Å². The van der Waals surface area contributed by atoms with E-state index in [0.717, 1.165) is 30.0 Å². The average Bonchev–Trinajstić information content (AvgIpc) is 2.62. The van der Waals surface area contributed by atoms with E-state index in [-0.39, 0.29) is 5.56 Å². The zero-order valence-electron chi connectivity index (χ0n) is 15.3. The van der Waals surface area contributed by atoms with Crippen molar-refractivity contribution in [1.29, 1.82) is 0 Å². The second-order valence-corrected chi connectivity index (χ2v) is 8.10. The van der Waals surface area contributed by atoms with E-state index in [1.165, 1.54) is 6.92 Å². The van der Waals surface area contributed by atoms with Crippen LogP contribution in [0.1, 0.15) is 22.8 Å². The first-order chi connectivity index (χ1) is 13.0. The van der Waals surface area contributed by atoms with Gasteiger partial charge in [0.2, 0.25) is 0 Å². The number of nitrogens with zero attached hydrogens (tertiary/aromatic N) is 1. The number of ether oxygens (including phenoxy) is 1. The highest BCUT2D eigenvalue weighted by atomic mass is 32.2. The number of sulfone groups is 1. The molecule has 1 atom stereocenters. The Morgan fingerprint density at radius 1 is 1.14 bits per heavy atom. The van der Waals surface area contributed by atoms with Crippen molar-refractivity contribution in [2.75, 3.05) is 11.6 Å². The van der Waals surface area contributed by atoms with E-state index in [4.69, 9.17) is 4.74 Å². The summed E-state index contributed by atoms with van der Waals surface area (Å²) in [4.78, 5) is 34.1. The molecule has 0 aromatic heterocycles. The van der Waals surface area contributed by atoms with Crippen molar-refractivity contribution in [1.82, 2.24) is 0 Å². The summed E-state index contributed by atoms with van der Waals surface area (Å²) in [7, 11) is -3.85. The third-order valence-corrected chi connectivity index (χ3v) is 4.91. The molecular formula is C18H18N2O7S. The molecule has 0 heterocycles. The number of benzene rings is 2. The third kappa shape index (κ3) is 5.13. The van der Waals surface area contributed by atoms with Crippen LogP contribution >= 0.6 is 0 Å². The monoisotopic (exact) mass is 406 g/mol. The summed E-state index contributed by atoms with van der Waals surface area (Å²) in [5.74, 6) is -1.57. The van der Waals surface area contributed by atoms with Crippen LogP contribution in [-0.4, -0.2) is 37.6 Å². The number of hydrogen-bond donors (Lipinski definition) is 1. The maximum absolute atomic E-state index is 12.2. The molecule has 1 amide bonds. The Kier molecular flexibility index (Phi) is 6.14. The molecule has 28 heavy (non-hydrogen) atoms. The second-order valence-electron chi connectivity index (χ2n) is 6.11. The van der Waals surface area contributed by atoms with Crippen LogP contribution in [0.4, 0.5) is 11.4 Å². The molecule has 0 saturated carbocycles. The zero-order chi connectivity index (χ0) is 21.1. The van der Waals surface area contributed by atoms with Gasteiger partial charge in [0.1, 0.15) is 4.90 Å². The van der Waals surface area contributed by atoms with Gasteiger partial charge >= 0.3 is 5.97 Å². The molecular weight excluding hydrogens is 388 g/mol. The predicted molar refractivity (Wildman–Crippen MR) is 101 cm³/mol. The van der Waals surface area contributed by atoms with Gasteiger partial charge in [0, 0.05) is 18.0 Å². The van der Waals surface area contributed by atoms with Crippen LogP contribution in [0.25, 0.3) is 0 Å². The van der Waals surface area contributed by atoms with Crippen molar-refractivity contribution < 1.29 is 27.7 Å². The Balaban J connectivity index is 2.15. The van der Waals surface area contributed by atoms with E-state index in [2.05, 4.69) is 5.32 Å². The molecule has 9 nitrogen and oxygen atoms in total. The second kappa shape index (κ2) is 8.17. The van der Waals surface area contributed by atoms with Gasteiger partial charge in [0.05, 0.1) is 10.5 Å². The van der Waals surface area contributed by atoms with E-state index in [1.54, 1.807) is 24.3 Å². The molecule has 1 N–H and O–H groups in total. The quantitative estimate of drug-likeness (QED) is 0.443. The predicted octanol–water partition coefficient (Wildman–Crippen LogP) is 2.49. The first kappa shape index (κ1) is 21.0. The number of esters is 1. The number of aryl methyl sites for hydroxylation is 1. The molecule has 0 aliphatic heterocycles. The highest BCUT2D eigenvalue weighted by Gasteiger charge is 2.26. The summed E-state index contributed by atoms with van der Waals surface area (Å²) in [5.41, 5.74) is 0.547. The smallest absolute Gasteiger partial charge is 0.339 e. The fraction of sp³-hybridized carbons (Fsp3) is 0.222. The topological polar surface area (TPSA) is 133 Å². The number of carbonyl (C=O) groups excluding carboxylic acids is 2. The van der Waals surface area contributed by atoms with Crippen LogP contribution in [-0.2, 0) is 19.4 Å². The molecule has 0 fully saturated rings. The number of nitrogens with one attached hydrogen (secondary N) is 1. The highest BCUT2D eigenvalue weighted by molar-refractivity contribution is 7.90. The van der Waals surface area contributed by atoms with Gasteiger partial charge in [-0.05, 0) is 38.1 Å². The van der Waals surface area contributed by atoms with E-state index in [9.17, 15) is 28.1 Å². The summed E-state index contributed by atoms with van der Waals surface area (Å²) in [5, 5.41) is 13.7. The van der Waals surface area contributed by atoms with Crippen LogP contribution < -0.4 is 5.32 Å². The first-order valence-electron chi connectivity index (χ1n) is 8.06. The van der Waals surface area contributed by atoms with Gasteiger partial charge in [0.15, 0.2) is 15.9 Å². The first-order valence-corrected chi connectivity index (χ1v) is 9.95. The average molecular weight is 406 g/mol. The van der Waals surface area contributed by atoms with Crippen LogP contribution in [0.15, 0.2) is 47.4 Å². The minimum absolute atomic E-state index is 0.242. The largest absolute Gasteiger partial charge is 0.449 e. The summed E-state index contributed by atoms with van der Waals surface area (Å²) < 4.78 is 28.3. The molecule has 0 radical (unpaired) electrons. The van der Waals surface area contributed by atoms with Gasteiger partial charge in [-0.2, -0.15) is 0 Å². The van der Waals surface area contributed by atoms with Crippen molar-refractivity contribution in [3.05, 3.63) is 63.7 Å². The Morgan fingerprint density at radius 3 is 2.29 bits per heavy atom. The standard InChI is InChI=1S/C18H18N2O7S/c1-11-4-7-14(8-5-11)19-17(21)12(2)27-18(22)13-6-9-16(28(3,25)26)15(10-13)20(23)24/h4-10,12H,1-3H3,(H,19,21)/t12-/m1/s1. The summed E-state index contributed by atoms with van der Waals surface area (Å²) in [6.45, 7) is 3.24. The molecule has 148 valence electrons. The molecule has 2 aromatic rings. The number of amides is 1. The van der Waals surface area contributed by atoms with Gasteiger partial charge in [0.25, 0.3) is 11.6 Å². The van der Waals surface area contributed by atoms with Gasteiger partial charge in [-0.25, -0.2) is 13.2 Å². The minimum Gasteiger partial charge on any atom is -0.449 e. The fourth-order valence-electron chi connectivity index (χ4n) is 2.26. The van der Waals surface area contributed by atoms with Crippen molar-refractivity contribution >= 4 is 33.1 Å².